The quantitative estimate of drug-likeness (QED) is 0.604. The number of aromatic nitrogens is 1. The summed E-state index contributed by atoms with van der Waals surface area (Å²) in [4.78, 5) is 22.1. The number of amides is 1. The van der Waals surface area contributed by atoms with Gasteiger partial charge in [0.2, 0.25) is 0 Å². The van der Waals surface area contributed by atoms with Crippen molar-refractivity contribution < 1.29 is 9.18 Å². The Bertz CT molecular complexity index is 1300. The van der Waals surface area contributed by atoms with Gasteiger partial charge in [-0.1, -0.05) is 12.1 Å². The largest absolute Gasteiger partial charge is 0.363 e. The number of carbonyl (C=O) groups is 1. The van der Waals surface area contributed by atoms with E-state index < -0.39 is 5.82 Å². The summed E-state index contributed by atoms with van der Waals surface area (Å²) in [7, 11) is 3.85. The van der Waals surface area contributed by atoms with Crippen molar-refractivity contribution in [3.8, 4) is 28.3 Å². The molecule has 0 radical (unpaired) electrons. The summed E-state index contributed by atoms with van der Waals surface area (Å²) in [5.41, 5.74) is 9.78. The van der Waals surface area contributed by atoms with Gasteiger partial charge in [0.1, 0.15) is 17.7 Å². The summed E-state index contributed by atoms with van der Waals surface area (Å²) in [6, 6.07) is 16.4. The second-order valence-corrected chi connectivity index (χ2v) is 9.70. The summed E-state index contributed by atoms with van der Waals surface area (Å²) in [6.07, 6.45) is 5.41. The highest BCUT2D eigenvalue weighted by Crippen LogP contribution is 2.38. The van der Waals surface area contributed by atoms with Crippen LogP contribution in [0, 0.1) is 17.1 Å². The second-order valence-electron chi connectivity index (χ2n) is 9.70. The van der Waals surface area contributed by atoms with Gasteiger partial charge in [-0.15, -0.1) is 0 Å². The van der Waals surface area contributed by atoms with Crippen LogP contribution in [0.3, 0.4) is 0 Å². The molecule has 1 unspecified atom stereocenters. The third-order valence-corrected chi connectivity index (χ3v) is 7.19. The average Bonchev–Trinajstić information content (AvgIpc) is 3.13. The van der Waals surface area contributed by atoms with Crippen molar-refractivity contribution in [3.05, 3.63) is 71.7 Å². The first-order valence-electron chi connectivity index (χ1n) is 11.9. The molecule has 2 N–H and O–H groups in total. The summed E-state index contributed by atoms with van der Waals surface area (Å²) in [5.74, 6) is 0.231. The van der Waals surface area contributed by atoms with Gasteiger partial charge in [-0.05, 0) is 78.8 Å². The number of pyridine rings is 1. The van der Waals surface area contributed by atoms with E-state index in [4.69, 9.17) is 11.0 Å². The zero-order valence-corrected chi connectivity index (χ0v) is 19.9. The molecule has 0 saturated carbocycles. The van der Waals surface area contributed by atoms with Gasteiger partial charge in [-0.2, -0.15) is 5.26 Å². The van der Waals surface area contributed by atoms with Crippen LogP contribution >= 0.6 is 0 Å². The molecule has 2 aliphatic heterocycles. The standard InChI is InChI=1S/C28H28FN5O/c1-33(2)27-10-6-20(16-32-27)24-9-5-18(11-25(24)17-3-4-19(15-30)26(29)12-17)28(35)34-22-7-8-23(34)14-21(31)13-22/h3-6,9-12,16,21-23H,7-8,13-14,31H2,1-2H3/t21?,22-,23+. The first-order valence-corrected chi connectivity index (χ1v) is 11.9. The van der Waals surface area contributed by atoms with Crippen LogP contribution in [0.2, 0.25) is 0 Å². The van der Waals surface area contributed by atoms with Crippen LogP contribution in [0.15, 0.2) is 54.7 Å². The van der Waals surface area contributed by atoms with E-state index in [1.165, 1.54) is 12.1 Å². The third kappa shape index (κ3) is 4.26. The number of benzene rings is 2. The second kappa shape index (κ2) is 9.12. The zero-order valence-electron chi connectivity index (χ0n) is 19.9. The van der Waals surface area contributed by atoms with Crippen molar-refractivity contribution in [2.45, 2.75) is 43.8 Å². The Hall–Kier alpha value is -3.76. The van der Waals surface area contributed by atoms with Gasteiger partial charge in [0.05, 0.1) is 5.56 Å². The summed E-state index contributed by atoms with van der Waals surface area (Å²) < 4.78 is 14.6. The minimum atomic E-state index is -0.586. The smallest absolute Gasteiger partial charge is 0.254 e. The van der Waals surface area contributed by atoms with E-state index in [-0.39, 0.29) is 29.6 Å². The number of carbonyl (C=O) groups excluding carboxylic acids is 1. The lowest BCUT2D eigenvalue weighted by Gasteiger charge is -2.38. The molecule has 3 heterocycles. The van der Waals surface area contributed by atoms with Crippen molar-refractivity contribution in [1.82, 2.24) is 9.88 Å². The molecule has 2 bridgehead atoms. The van der Waals surface area contributed by atoms with Crippen molar-refractivity contribution in [2.75, 3.05) is 19.0 Å². The average molecular weight is 470 g/mol. The third-order valence-electron chi connectivity index (χ3n) is 7.19. The predicted octanol–water partition coefficient (Wildman–Crippen LogP) is 4.59. The molecule has 1 amide bonds. The van der Waals surface area contributed by atoms with Crippen LogP contribution in [0.4, 0.5) is 10.2 Å². The van der Waals surface area contributed by atoms with Crippen molar-refractivity contribution in [3.63, 3.8) is 0 Å². The lowest BCUT2D eigenvalue weighted by atomic mass is 9.91. The molecular weight excluding hydrogens is 441 g/mol. The molecule has 7 heteroatoms. The molecule has 178 valence electrons. The first-order chi connectivity index (χ1) is 16.9. The van der Waals surface area contributed by atoms with Gasteiger partial charge in [-0.3, -0.25) is 4.79 Å². The molecule has 5 rings (SSSR count). The molecule has 0 aliphatic carbocycles. The number of piperidine rings is 1. The van der Waals surface area contributed by atoms with Gasteiger partial charge in [0.15, 0.2) is 0 Å². The number of hydrogen-bond acceptors (Lipinski definition) is 5. The predicted molar refractivity (Wildman–Crippen MR) is 134 cm³/mol. The van der Waals surface area contributed by atoms with Crippen LogP contribution < -0.4 is 10.6 Å². The van der Waals surface area contributed by atoms with E-state index in [2.05, 4.69) is 4.98 Å². The van der Waals surface area contributed by atoms with E-state index in [1.807, 2.05) is 60.3 Å². The fourth-order valence-electron chi connectivity index (χ4n) is 5.45. The van der Waals surface area contributed by atoms with E-state index >= 15 is 0 Å². The number of halogens is 1. The molecule has 35 heavy (non-hydrogen) atoms. The molecule has 1 aromatic heterocycles. The number of nitriles is 1. The number of hydrogen-bond donors (Lipinski definition) is 1. The Morgan fingerprint density at radius 1 is 1.06 bits per heavy atom. The van der Waals surface area contributed by atoms with Gasteiger partial charge in [0, 0.05) is 49.5 Å². The van der Waals surface area contributed by atoms with Crippen LogP contribution in [0.1, 0.15) is 41.6 Å². The molecule has 2 aromatic carbocycles. The molecule has 6 nitrogen and oxygen atoms in total. The van der Waals surface area contributed by atoms with Crippen LogP contribution in [-0.2, 0) is 0 Å². The highest BCUT2D eigenvalue weighted by molar-refractivity contribution is 5.98. The number of rotatable bonds is 4. The summed E-state index contributed by atoms with van der Waals surface area (Å²) in [5, 5.41) is 9.16. The van der Waals surface area contributed by atoms with Crippen LogP contribution in [-0.4, -0.2) is 48.0 Å². The monoisotopic (exact) mass is 469 g/mol. The minimum Gasteiger partial charge on any atom is -0.363 e. The number of nitrogens with zero attached hydrogens (tertiary/aromatic N) is 4. The van der Waals surface area contributed by atoms with Gasteiger partial charge in [0.25, 0.3) is 5.91 Å². The lowest BCUT2D eigenvalue weighted by Crippen LogP contribution is -2.50. The number of nitrogens with two attached hydrogens (primary N) is 1. The number of fused-ring (bicyclic) bond motifs is 2. The van der Waals surface area contributed by atoms with E-state index in [0.29, 0.717) is 11.1 Å². The maximum atomic E-state index is 14.6. The zero-order chi connectivity index (χ0) is 24.7. The number of anilines is 1. The topological polar surface area (TPSA) is 86.3 Å². The molecular formula is C28H28FN5O. The molecule has 2 saturated heterocycles. The van der Waals surface area contributed by atoms with Crippen molar-refractivity contribution in [1.29, 1.82) is 5.26 Å². The Morgan fingerprint density at radius 2 is 1.77 bits per heavy atom. The highest BCUT2D eigenvalue weighted by Gasteiger charge is 2.42. The van der Waals surface area contributed by atoms with Gasteiger partial charge < -0.3 is 15.5 Å². The van der Waals surface area contributed by atoms with Crippen molar-refractivity contribution >= 4 is 11.7 Å². The molecule has 3 atom stereocenters. The van der Waals surface area contributed by atoms with E-state index in [9.17, 15) is 9.18 Å². The molecule has 2 aliphatic rings. The lowest BCUT2D eigenvalue weighted by molar-refractivity contribution is 0.0575. The van der Waals surface area contributed by atoms with Crippen LogP contribution in [0.5, 0.6) is 0 Å². The van der Waals surface area contributed by atoms with Gasteiger partial charge >= 0.3 is 0 Å². The maximum Gasteiger partial charge on any atom is 0.254 e. The molecule has 0 spiro atoms. The molecule has 3 aromatic rings. The molecule has 2 fully saturated rings. The minimum absolute atomic E-state index is 0.00704. The van der Waals surface area contributed by atoms with Crippen LogP contribution in [0.25, 0.3) is 22.3 Å². The summed E-state index contributed by atoms with van der Waals surface area (Å²) in [6.45, 7) is 0. The normalized spacial score (nSPS) is 21.0. The summed E-state index contributed by atoms with van der Waals surface area (Å²) >= 11 is 0. The fourth-order valence-corrected chi connectivity index (χ4v) is 5.45. The van der Waals surface area contributed by atoms with E-state index in [0.717, 1.165) is 48.2 Å². The highest BCUT2D eigenvalue weighted by atomic mass is 19.1. The maximum absolute atomic E-state index is 14.6. The Morgan fingerprint density at radius 3 is 2.37 bits per heavy atom. The Balaban J connectivity index is 1.59. The SMILES string of the molecule is CN(C)c1ccc(-c2ccc(C(=O)N3[C@@H]4CC[C@H]3CC(N)C4)cc2-c2ccc(C#N)c(F)c2)cn1. The van der Waals surface area contributed by atoms with Gasteiger partial charge in [-0.25, -0.2) is 9.37 Å². The Kier molecular flexibility index (Phi) is 6.00. The fraction of sp³-hybridized carbons (Fsp3) is 0.321. The Labute approximate surface area is 204 Å². The first kappa shape index (κ1) is 23.0. The van der Waals surface area contributed by atoms with Crippen molar-refractivity contribution in [2.24, 2.45) is 5.73 Å². The van der Waals surface area contributed by atoms with E-state index in [1.54, 1.807) is 12.3 Å².